The first-order valence-electron chi connectivity index (χ1n) is 6.42. The first-order valence-corrected chi connectivity index (χ1v) is 6.42. The van der Waals surface area contributed by atoms with E-state index < -0.39 is 12.1 Å². The van der Waals surface area contributed by atoms with Gasteiger partial charge >= 0.3 is 6.03 Å². The van der Waals surface area contributed by atoms with Gasteiger partial charge < -0.3 is 5.73 Å². The van der Waals surface area contributed by atoms with Crippen LogP contribution in [0, 0.1) is 0 Å². The van der Waals surface area contributed by atoms with E-state index in [1.165, 1.54) is 0 Å². The third-order valence-corrected chi connectivity index (χ3v) is 3.57. The van der Waals surface area contributed by atoms with Gasteiger partial charge in [0.2, 0.25) is 5.91 Å². The number of carbonyl (C=O) groups is 2. The monoisotopic (exact) mass is 266 g/mol. The standard InChI is InChI=1S/C16H14N2O2/c17-16(20)18-14(19)10-12-8-4-5-9-13(12)15(18)11-6-2-1-3-7-11/h1-9,15H,10H2,(H2,17,20). The van der Waals surface area contributed by atoms with E-state index in [-0.39, 0.29) is 12.3 Å². The second-order valence-corrected chi connectivity index (χ2v) is 4.79. The molecule has 0 saturated carbocycles. The van der Waals surface area contributed by atoms with E-state index in [2.05, 4.69) is 0 Å². The molecular weight excluding hydrogens is 252 g/mol. The lowest BCUT2D eigenvalue weighted by Crippen LogP contribution is -2.47. The van der Waals surface area contributed by atoms with Crippen molar-refractivity contribution >= 4 is 11.9 Å². The van der Waals surface area contributed by atoms with Crippen molar-refractivity contribution in [1.82, 2.24) is 4.90 Å². The van der Waals surface area contributed by atoms with Crippen LogP contribution in [0.3, 0.4) is 0 Å². The number of urea groups is 1. The maximum absolute atomic E-state index is 12.2. The zero-order valence-electron chi connectivity index (χ0n) is 10.8. The van der Waals surface area contributed by atoms with Crippen molar-refractivity contribution in [3.8, 4) is 0 Å². The third kappa shape index (κ3) is 1.95. The maximum Gasteiger partial charge on any atom is 0.322 e. The predicted octanol–water partition coefficient (Wildman–Crippen LogP) is 2.24. The first-order chi connectivity index (χ1) is 9.68. The molecular formula is C16H14N2O2. The molecule has 100 valence electrons. The number of amides is 3. The van der Waals surface area contributed by atoms with Gasteiger partial charge in [-0.15, -0.1) is 0 Å². The van der Waals surface area contributed by atoms with E-state index in [4.69, 9.17) is 5.73 Å². The minimum absolute atomic E-state index is 0.211. The van der Waals surface area contributed by atoms with Crippen LogP contribution < -0.4 is 5.73 Å². The smallest absolute Gasteiger partial charge is 0.322 e. The summed E-state index contributed by atoms with van der Waals surface area (Å²) >= 11 is 0. The van der Waals surface area contributed by atoms with Crippen molar-refractivity contribution in [2.45, 2.75) is 12.5 Å². The van der Waals surface area contributed by atoms with Gasteiger partial charge in [0.15, 0.2) is 0 Å². The SMILES string of the molecule is NC(=O)N1C(=O)Cc2ccccc2C1c1ccccc1. The summed E-state index contributed by atoms with van der Waals surface area (Å²) in [6, 6.07) is 16.0. The highest BCUT2D eigenvalue weighted by Gasteiger charge is 2.36. The fourth-order valence-corrected chi connectivity index (χ4v) is 2.71. The number of nitrogens with zero attached hydrogens (tertiary/aromatic N) is 1. The fraction of sp³-hybridized carbons (Fsp3) is 0.125. The van der Waals surface area contributed by atoms with Crippen LogP contribution in [0.4, 0.5) is 4.79 Å². The molecule has 1 aliphatic heterocycles. The van der Waals surface area contributed by atoms with Crippen LogP contribution in [-0.4, -0.2) is 16.8 Å². The first kappa shape index (κ1) is 12.4. The van der Waals surface area contributed by atoms with E-state index in [9.17, 15) is 9.59 Å². The molecule has 0 bridgehead atoms. The quantitative estimate of drug-likeness (QED) is 0.860. The van der Waals surface area contributed by atoms with Gasteiger partial charge in [-0.25, -0.2) is 4.79 Å². The molecule has 1 atom stereocenters. The van der Waals surface area contributed by atoms with Gasteiger partial charge in [0.25, 0.3) is 0 Å². The van der Waals surface area contributed by atoms with Gasteiger partial charge in [-0.2, -0.15) is 0 Å². The van der Waals surface area contributed by atoms with Gasteiger partial charge in [0.05, 0.1) is 12.5 Å². The average Bonchev–Trinajstić information content (AvgIpc) is 2.46. The number of hydrogen-bond acceptors (Lipinski definition) is 2. The topological polar surface area (TPSA) is 63.4 Å². The number of benzene rings is 2. The fourth-order valence-electron chi connectivity index (χ4n) is 2.71. The minimum Gasteiger partial charge on any atom is -0.351 e. The summed E-state index contributed by atoms with van der Waals surface area (Å²) in [5, 5.41) is 0. The van der Waals surface area contributed by atoms with E-state index in [1.807, 2.05) is 54.6 Å². The van der Waals surface area contributed by atoms with Crippen molar-refractivity contribution in [3.05, 3.63) is 71.3 Å². The summed E-state index contributed by atoms with van der Waals surface area (Å²) in [4.78, 5) is 25.0. The highest BCUT2D eigenvalue weighted by Crippen LogP contribution is 2.35. The van der Waals surface area contributed by atoms with Crippen molar-refractivity contribution in [3.63, 3.8) is 0 Å². The van der Waals surface area contributed by atoms with Crippen molar-refractivity contribution in [2.75, 3.05) is 0 Å². The molecule has 1 unspecified atom stereocenters. The van der Waals surface area contributed by atoms with Crippen molar-refractivity contribution in [1.29, 1.82) is 0 Å². The Bertz CT molecular complexity index is 667. The Morgan fingerprint density at radius 2 is 1.70 bits per heavy atom. The number of primary amides is 1. The molecule has 2 N–H and O–H groups in total. The predicted molar refractivity (Wildman–Crippen MR) is 74.9 cm³/mol. The number of rotatable bonds is 1. The highest BCUT2D eigenvalue weighted by atomic mass is 16.2. The maximum atomic E-state index is 12.2. The van der Waals surface area contributed by atoms with Gasteiger partial charge in [-0.3, -0.25) is 9.69 Å². The molecule has 1 aliphatic rings. The zero-order valence-corrected chi connectivity index (χ0v) is 10.8. The number of fused-ring (bicyclic) bond motifs is 1. The lowest BCUT2D eigenvalue weighted by molar-refractivity contribution is -0.129. The molecule has 20 heavy (non-hydrogen) atoms. The molecule has 2 aromatic carbocycles. The average molecular weight is 266 g/mol. The molecule has 0 aromatic heterocycles. The summed E-state index contributed by atoms with van der Waals surface area (Å²) in [6.45, 7) is 0. The summed E-state index contributed by atoms with van der Waals surface area (Å²) in [5.74, 6) is -0.259. The largest absolute Gasteiger partial charge is 0.351 e. The Morgan fingerprint density at radius 1 is 1.05 bits per heavy atom. The zero-order chi connectivity index (χ0) is 14.1. The Labute approximate surface area is 116 Å². The molecule has 2 aromatic rings. The van der Waals surface area contributed by atoms with Gasteiger partial charge in [-0.1, -0.05) is 54.6 Å². The van der Waals surface area contributed by atoms with Gasteiger partial charge in [0, 0.05) is 0 Å². The molecule has 4 heteroatoms. The summed E-state index contributed by atoms with van der Waals surface area (Å²) < 4.78 is 0. The van der Waals surface area contributed by atoms with Crippen LogP contribution in [0.1, 0.15) is 22.7 Å². The van der Waals surface area contributed by atoms with E-state index in [0.29, 0.717) is 0 Å². The molecule has 4 nitrogen and oxygen atoms in total. The minimum atomic E-state index is -0.710. The molecule has 0 saturated heterocycles. The lowest BCUT2D eigenvalue weighted by Gasteiger charge is -2.34. The molecule has 0 radical (unpaired) electrons. The molecule has 0 spiro atoms. The van der Waals surface area contributed by atoms with Crippen LogP contribution in [0.5, 0.6) is 0 Å². The Kier molecular flexibility index (Phi) is 2.99. The second-order valence-electron chi connectivity index (χ2n) is 4.79. The summed E-state index contributed by atoms with van der Waals surface area (Å²) in [6.07, 6.45) is 0.211. The van der Waals surface area contributed by atoms with Crippen LogP contribution in [0.2, 0.25) is 0 Å². The molecule has 3 rings (SSSR count). The normalized spacial score (nSPS) is 17.7. The third-order valence-electron chi connectivity index (χ3n) is 3.57. The van der Waals surface area contributed by atoms with Crippen LogP contribution in [0.25, 0.3) is 0 Å². The number of hydrogen-bond donors (Lipinski definition) is 1. The summed E-state index contributed by atoms with van der Waals surface area (Å²) in [5.41, 5.74) is 8.19. The van der Waals surface area contributed by atoms with E-state index >= 15 is 0 Å². The lowest BCUT2D eigenvalue weighted by atomic mass is 9.88. The molecule has 0 fully saturated rings. The molecule has 3 amide bonds. The second kappa shape index (κ2) is 4.81. The number of carbonyl (C=O) groups excluding carboxylic acids is 2. The van der Waals surface area contributed by atoms with Crippen LogP contribution in [-0.2, 0) is 11.2 Å². The highest BCUT2D eigenvalue weighted by molar-refractivity contribution is 5.97. The van der Waals surface area contributed by atoms with Crippen molar-refractivity contribution in [2.24, 2.45) is 5.73 Å². The van der Waals surface area contributed by atoms with Crippen LogP contribution in [0.15, 0.2) is 54.6 Å². The number of imide groups is 1. The number of nitrogens with two attached hydrogens (primary N) is 1. The molecule has 0 aliphatic carbocycles. The Morgan fingerprint density at radius 3 is 2.40 bits per heavy atom. The van der Waals surface area contributed by atoms with Gasteiger partial charge in [-0.05, 0) is 16.7 Å². The van der Waals surface area contributed by atoms with E-state index in [1.54, 1.807) is 0 Å². The van der Waals surface area contributed by atoms with E-state index in [0.717, 1.165) is 21.6 Å². The van der Waals surface area contributed by atoms with Gasteiger partial charge in [0.1, 0.15) is 0 Å². The Balaban J connectivity index is 2.20. The Hall–Kier alpha value is -2.62. The van der Waals surface area contributed by atoms with Crippen molar-refractivity contribution < 1.29 is 9.59 Å². The summed E-state index contributed by atoms with van der Waals surface area (Å²) in [7, 11) is 0. The molecule has 1 heterocycles. The van der Waals surface area contributed by atoms with Crippen LogP contribution >= 0.6 is 0 Å².